The van der Waals surface area contributed by atoms with E-state index in [1.807, 2.05) is 23.2 Å². The number of hydrogen-bond acceptors (Lipinski definition) is 2. The summed E-state index contributed by atoms with van der Waals surface area (Å²) in [7, 11) is 0. The molecule has 0 unspecified atom stereocenters. The molecule has 1 aromatic carbocycles. The van der Waals surface area contributed by atoms with E-state index in [9.17, 15) is 4.39 Å². The van der Waals surface area contributed by atoms with Gasteiger partial charge in [0.25, 0.3) is 0 Å². The maximum Gasteiger partial charge on any atom is 0.125 e. The predicted molar refractivity (Wildman–Crippen MR) is 51.4 cm³/mol. The second kappa shape index (κ2) is 3.39. The fraction of sp³-hybridized carbons (Fsp3) is 0.100. The molecule has 2 nitrogen and oxygen atoms in total. The van der Waals surface area contributed by atoms with Crippen LogP contribution in [-0.4, -0.2) is 12.9 Å². The van der Waals surface area contributed by atoms with Crippen molar-refractivity contribution in [3.8, 4) is 0 Å². The summed E-state index contributed by atoms with van der Waals surface area (Å²) in [6.45, 7) is 0.556. The van der Waals surface area contributed by atoms with Gasteiger partial charge in [0.2, 0.25) is 0 Å². The van der Waals surface area contributed by atoms with E-state index in [4.69, 9.17) is 0 Å². The molecule has 0 atom stereocenters. The molecule has 0 bridgehead atoms. The van der Waals surface area contributed by atoms with E-state index in [0.29, 0.717) is 6.67 Å². The van der Waals surface area contributed by atoms with Crippen molar-refractivity contribution in [3.05, 3.63) is 42.4 Å². The third-order valence-electron chi connectivity index (χ3n) is 1.83. The van der Waals surface area contributed by atoms with Gasteiger partial charge in [0, 0.05) is 18.1 Å². The minimum Gasteiger partial charge on any atom is -0.328 e. The number of hydrogen-bond donors (Lipinski definition) is 0. The molecule has 13 heavy (non-hydrogen) atoms. The Bertz CT molecular complexity index is 358. The minimum atomic E-state index is -0.222. The molecule has 0 N–H and O–H groups in total. The first kappa shape index (κ1) is 7.98. The van der Waals surface area contributed by atoms with Gasteiger partial charge in [-0.1, -0.05) is 6.07 Å². The zero-order chi connectivity index (χ0) is 9.10. The molecule has 1 aliphatic heterocycles. The first-order valence-corrected chi connectivity index (χ1v) is 4.05. The molecular formula is C10H9FN2. The molecular weight excluding hydrogens is 167 g/mol. The van der Waals surface area contributed by atoms with Gasteiger partial charge in [0.05, 0.1) is 0 Å². The summed E-state index contributed by atoms with van der Waals surface area (Å²) >= 11 is 0. The quantitative estimate of drug-likeness (QED) is 0.640. The lowest BCUT2D eigenvalue weighted by molar-refractivity contribution is 0.627. The van der Waals surface area contributed by atoms with Crippen molar-refractivity contribution in [1.82, 2.24) is 0 Å². The van der Waals surface area contributed by atoms with Crippen molar-refractivity contribution >= 4 is 11.9 Å². The highest BCUT2D eigenvalue weighted by Gasteiger charge is 2.03. The van der Waals surface area contributed by atoms with E-state index in [1.165, 1.54) is 12.1 Å². The van der Waals surface area contributed by atoms with Crippen LogP contribution in [0.5, 0.6) is 0 Å². The standard InChI is InChI=1S/C10H9FN2/c11-9-3-1-4-10(7-9)13-6-2-5-12-8-13/h1-7H,8H2. The van der Waals surface area contributed by atoms with Gasteiger partial charge in [-0.3, -0.25) is 4.99 Å². The molecule has 0 radical (unpaired) electrons. The predicted octanol–water partition coefficient (Wildman–Crippen LogP) is 2.19. The number of anilines is 1. The van der Waals surface area contributed by atoms with Crippen LogP contribution >= 0.6 is 0 Å². The van der Waals surface area contributed by atoms with Gasteiger partial charge in [-0.25, -0.2) is 4.39 Å². The molecule has 0 aliphatic carbocycles. The van der Waals surface area contributed by atoms with E-state index >= 15 is 0 Å². The third kappa shape index (κ3) is 1.75. The maximum absolute atomic E-state index is 12.8. The summed E-state index contributed by atoms with van der Waals surface area (Å²) in [6.07, 6.45) is 5.44. The van der Waals surface area contributed by atoms with Crippen molar-refractivity contribution in [2.24, 2.45) is 4.99 Å². The lowest BCUT2D eigenvalue weighted by atomic mass is 10.3. The van der Waals surface area contributed by atoms with Crippen LogP contribution in [0.2, 0.25) is 0 Å². The summed E-state index contributed by atoms with van der Waals surface area (Å²) in [5.41, 5.74) is 0.827. The Morgan fingerprint density at radius 3 is 3.00 bits per heavy atom. The van der Waals surface area contributed by atoms with E-state index in [0.717, 1.165) is 5.69 Å². The third-order valence-corrected chi connectivity index (χ3v) is 1.83. The van der Waals surface area contributed by atoms with Crippen molar-refractivity contribution in [2.45, 2.75) is 0 Å². The zero-order valence-electron chi connectivity index (χ0n) is 7.02. The van der Waals surface area contributed by atoms with Crippen LogP contribution in [0.15, 0.2) is 41.5 Å². The molecule has 3 heteroatoms. The van der Waals surface area contributed by atoms with Gasteiger partial charge in [-0.05, 0) is 24.3 Å². The van der Waals surface area contributed by atoms with Crippen molar-refractivity contribution < 1.29 is 4.39 Å². The molecule has 1 heterocycles. The van der Waals surface area contributed by atoms with Crippen LogP contribution in [0, 0.1) is 5.82 Å². The highest BCUT2D eigenvalue weighted by atomic mass is 19.1. The Balaban J connectivity index is 2.25. The average molecular weight is 176 g/mol. The smallest absolute Gasteiger partial charge is 0.125 e. The lowest BCUT2D eigenvalue weighted by Gasteiger charge is -2.19. The second-order valence-corrected chi connectivity index (χ2v) is 2.76. The monoisotopic (exact) mass is 176 g/mol. The zero-order valence-corrected chi connectivity index (χ0v) is 7.02. The number of benzene rings is 1. The summed E-state index contributed by atoms with van der Waals surface area (Å²) in [6, 6.07) is 6.47. The summed E-state index contributed by atoms with van der Waals surface area (Å²) in [5, 5.41) is 0. The molecule has 0 amide bonds. The summed E-state index contributed by atoms with van der Waals surface area (Å²) in [5.74, 6) is -0.222. The number of halogens is 1. The lowest BCUT2D eigenvalue weighted by Crippen LogP contribution is -2.18. The number of aliphatic imine (C=N–C) groups is 1. The number of rotatable bonds is 1. The first-order chi connectivity index (χ1) is 6.36. The molecule has 0 aromatic heterocycles. The van der Waals surface area contributed by atoms with Crippen LogP contribution in [0.4, 0.5) is 10.1 Å². The van der Waals surface area contributed by atoms with Crippen molar-refractivity contribution in [3.63, 3.8) is 0 Å². The molecule has 0 saturated carbocycles. The summed E-state index contributed by atoms with van der Waals surface area (Å²) in [4.78, 5) is 5.93. The Labute approximate surface area is 76.0 Å². The van der Waals surface area contributed by atoms with Crippen LogP contribution in [0.1, 0.15) is 0 Å². The van der Waals surface area contributed by atoms with E-state index in [-0.39, 0.29) is 5.82 Å². The summed E-state index contributed by atoms with van der Waals surface area (Å²) < 4.78 is 12.8. The van der Waals surface area contributed by atoms with E-state index in [1.54, 1.807) is 12.3 Å². The highest BCUT2D eigenvalue weighted by Crippen LogP contribution is 2.16. The molecule has 1 aromatic rings. The maximum atomic E-state index is 12.8. The van der Waals surface area contributed by atoms with Crippen molar-refractivity contribution in [1.29, 1.82) is 0 Å². The highest BCUT2D eigenvalue weighted by molar-refractivity contribution is 5.74. The van der Waals surface area contributed by atoms with Crippen LogP contribution in [-0.2, 0) is 0 Å². The largest absolute Gasteiger partial charge is 0.328 e. The van der Waals surface area contributed by atoms with Gasteiger partial charge in [0.15, 0.2) is 0 Å². The molecule has 0 spiro atoms. The van der Waals surface area contributed by atoms with Gasteiger partial charge in [-0.2, -0.15) is 0 Å². The molecule has 0 saturated heterocycles. The fourth-order valence-electron chi connectivity index (χ4n) is 1.21. The topological polar surface area (TPSA) is 15.6 Å². The van der Waals surface area contributed by atoms with Crippen LogP contribution in [0.3, 0.4) is 0 Å². The Morgan fingerprint density at radius 2 is 2.31 bits per heavy atom. The van der Waals surface area contributed by atoms with Crippen LogP contribution < -0.4 is 4.90 Å². The van der Waals surface area contributed by atoms with E-state index in [2.05, 4.69) is 4.99 Å². The minimum absolute atomic E-state index is 0.222. The van der Waals surface area contributed by atoms with E-state index < -0.39 is 0 Å². The molecule has 66 valence electrons. The van der Waals surface area contributed by atoms with Gasteiger partial charge in [0.1, 0.15) is 12.5 Å². The molecule has 2 rings (SSSR count). The fourth-order valence-corrected chi connectivity index (χ4v) is 1.21. The SMILES string of the molecule is Fc1cccc(N2C=CC=NC2)c1. The average Bonchev–Trinajstić information content (AvgIpc) is 2.19. The Morgan fingerprint density at radius 1 is 1.38 bits per heavy atom. The van der Waals surface area contributed by atoms with Crippen LogP contribution in [0.25, 0.3) is 0 Å². The van der Waals surface area contributed by atoms with Gasteiger partial charge < -0.3 is 4.90 Å². The van der Waals surface area contributed by atoms with Crippen molar-refractivity contribution in [2.75, 3.05) is 11.6 Å². The Kier molecular flexibility index (Phi) is 2.08. The van der Waals surface area contributed by atoms with Gasteiger partial charge in [-0.15, -0.1) is 0 Å². The van der Waals surface area contributed by atoms with Gasteiger partial charge >= 0.3 is 0 Å². The number of allylic oxidation sites excluding steroid dienone is 1. The normalized spacial score (nSPS) is 15.0. The Hall–Kier alpha value is -1.64. The molecule has 1 aliphatic rings. The second-order valence-electron chi connectivity index (χ2n) is 2.76. The molecule has 0 fully saturated rings. The first-order valence-electron chi connectivity index (χ1n) is 4.05. The number of nitrogens with zero attached hydrogens (tertiary/aromatic N) is 2.